The van der Waals surface area contributed by atoms with E-state index < -0.39 is 0 Å². The van der Waals surface area contributed by atoms with E-state index in [1.165, 1.54) is 0 Å². The number of unbranched alkanes of at least 4 members (excludes halogenated alkanes) is 2. The van der Waals surface area contributed by atoms with E-state index in [0.29, 0.717) is 28.7 Å². The van der Waals surface area contributed by atoms with Crippen molar-refractivity contribution in [1.29, 1.82) is 5.26 Å². The van der Waals surface area contributed by atoms with Gasteiger partial charge in [-0.1, -0.05) is 31.9 Å². The van der Waals surface area contributed by atoms with Crippen LogP contribution in [0.4, 0.5) is 0 Å². The molecule has 6 heteroatoms. The second kappa shape index (κ2) is 9.40. The van der Waals surface area contributed by atoms with E-state index in [4.69, 9.17) is 18.9 Å². The molecule has 2 aromatic carbocycles. The molecule has 0 aliphatic carbocycles. The number of hydrogen-bond acceptors (Lipinski definition) is 6. The maximum absolute atomic E-state index is 9.96. The Morgan fingerprint density at radius 2 is 1.77 bits per heavy atom. The van der Waals surface area contributed by atoms with Crippen molar-refractivity contribution in [2.75, 3.05) is 13.9 Å². The summed E-state index contributed by atoms with van der Waals surface area (Å²) in [6, 6.07) is 17.2. The number of aromatic nitrogens is 1. The molecule has 0 fully saturated rings. The Kier molecular flexibility index (Phi) is 6.23. The van der Waals surface area contributed by atoms with Crippen LogP contribution in [0.1, 0.15) is 37.4 Å². The minimum absolute atomic E-state index is 0.189. The summed E-state index contributed by atoms with van der Waals surface area (Å²) in [6.07, 6.45) is 4.10. The largest absolute Gasteiger partial charge is 0.497 e. The first-order chi connectivity index (χ1) is 15.2. The van der Waals surface area contributed by atoms with E-state index in [1.807, 2.05) is 30.3 Å². The van der Waals surface area contributed by atoms with Gasteiger partial charge >= 0.3 is 0 Å². The van der Waals surface area contributed by atoms with Crippen molar-refractivity contribution >= 4 is 0 Å². The summed E-state index contributed by atoms with van der Waals surface area (Å²) >= 11 is 0. The van der Waals surface area contributed by atoms with Crippen LogP contribution in [0.3, 0.4) is 0 Å². The molecule has 0 bridgehead atoms. The highest BCUT2D eigenvalue weighted by molar-refractivity contribution is 5.73. The summed E-state index contributed by atoms with van der Waals surface area (Å²) in [5.74, 6) is 2.88. The van der Waals surface area contributed by atoms with Crippen LogP contribution in [0, 0.1) is 11.3 Å². The Bertz CT molecular complexity index is 1100. The third-order valence-electron chi connectivity index (χ3n) is 5.15. The van der Waals surface area contributed by atoms with Gasteiger partial charge in [-0.05, 0) is 48.7 Å². The third-order valence-corrected chi connectivity index (χ3v) is 5.15. The van der Waals surface area contributed by atoms with Crippen molar-refractivity contribution in [2.24, 2.45) is 0 Å². The summed E-state index contributed by atoms with van der Waals surface area (Å²) in [5.41, 5.74) is 2.99. The Labute approximate surface area is 182 Å². The Morgan fingerprint density at radius 3 is 2.52 bits per heavy atom. The number of nitrogens with zero attached hydrogens (tertiary/aromatic N) is 2. The number of ether oxygens (including phenoxy) is 4. The zero-order valence-corrected chi connectivity index (χ0v) is 17.7. The first-order valence-corrected chi connectivity index (χ1v) is 10.4. The minimum atomic E-state index is 0.189. The molecular weight excluding hydrogens is 392 g/mol. The third kappa shape index (κ3) is 4.56. The molecule has 6 nitrogen and oxygen atoms in total. The Balaban J connectivity index is 1.74. The number of methoxy groups -OCH3 is 1. The Hall–Kier alpha value is -3.72. The van der Waals surface area contributed by atoms with Crippen LogP contribution in [-0.2, 0) is 6.42 Å². The van der Waals surface area contributed by atoms with Gasteiger partial charge in [-0.2, -0.15) is 5.26 Å². The monoisotopic (exact) mass is 416 g/mol. The topological polar surface area (TPSA) is 73.6 Å². The van der Waals surface area contributed by atoms with Gasteiger partial charge in [-0.3, -0.25) is 0 Å². The predicted octanol–water partition coefficient (Wildman–Crippen LogP) is 5.88. The van der Waals surface area contributed by atoms with E-state index in [1.54, 1.807) is 25.3 Å². The van der Waals surface area contributed by atoms with Crippen LogP contribution < -0.4 is 18.9 Å². The highest BCUT2D eigenvalue weighted by atomic mass is 16.7. The van der Waals surface area contributed by atoms with Crippen LogP contribution in [0.25, 0.3) is 11.1 Å². The van der Waals surface area contributed by atoms with Crippen molar-refractivity contribution in [2.45, 2.75) is 32.6 Å². The molecular formula is C25H24N2O4. The highest BCUT2D eigenvalue weighted by Gasteiger charge is 2.19. The number of rotatable bonds is 8. The molecule has 31 heavy (non-hydrogen) atoms. The molecule has 158 valence electrons. The van der Waals surface area contributed by atoms with Crippen molar-refractivity contribution in [3.63, 3.8) is 0 Å². The lowest BCUT2D eigenvalue weighted by Crippen LogP contribution is -2.00. The molecule has 2 heterocycles. The SMILES string of the molecule is CCCCCc1cc(-c2ccc(OC)cc2)c(C#N)c(Oc2ccc3c(c2)OCO3)n1. The van der Waals surface area contributed by atoms with E-state index in [-0.39, 0.29) is 6.79 Å². The molecule has 0 amide bonds. The number of aryl methyl sites for hydroxylation is 1. The quantitative estimate of drug-likeness (QED) is 0.427. The molecule has 1 aliphatic rings. The standard InChI is InChI=1S/C25H24N2O4/c1-3-4-5-6-18-13-21(17-7-9-19(28-2)10-8-17)22(15-26)25(27-18)31-20-11-12-23-24(14-20)30-16-29-23/h7-14H,3-6,16H2,1-2H3. The highest BCUT2D eigenvalue weighted by Crippen LogP contribution is 2.38. The molecule has 0 saturated heterocycles. The summed E-state index contributed by atoms with van der Waals surface area (Å²) in [7, 11) is 1.63. The second-order valence-electron chi connectivity index (χ2n) is 7.26. The van der Waals surface area contributed by atoms with Gasteiger partial charge in [0.05, 0.1) is 7.11 Å². The average Bonchev–Trinajstić information content (AvgIpc) is 3.27. The number of hydrogen-bond donors (Lipinski definition) is 0. The van der Waals surface area contributed by atoms with Gasteiger partial charge in [0, 0.05) is 17.3 Å². The van der Waals surface area contributed by atoms with Crippen LogP contribution in [0.15, 0.2) is 48.5 Å². The average molecular weight is 416 g/mol. The minimum Gasteiger partial charge on any atom is -0.497 e. The summed E-state index contributed by atoms with van der Waals surface area (Å²) in [6.45, 7) is 2.36. The molecule has 3 aromatic rings. The molecule has 0 atom stereocenters. The molecule has 4 rings (SSSR count). The van der Waals surface area contributed by atoms with E-state index in [9.17, 15) is 5.26 Å². The first-order valence-electron chi connectivity index (χ1n) is 10.4. The van der Waals surface area contributed by atoms with Crippen LogP contribution in [0.5, 0.6) is 28.9 Å². The second-order valence-corrected chi connectivity index (χ2v) is 7.26. The fourth-order valence-electron chi connectivity index (χ4n) is 3.49. The summed E-state index contributed by atoms with van der Waals surface area (Å²) < 4.78 is 22.2. The number of fused-ring (bicyclic) bond motifs is 1. The van der Waals surface area contributed by atoms with Crippen molar-refractivity contribution < 1.29 is 18.9 Å². The van der Waals surface area contributed by atoms with Gasteiger partial charge in [0.2, 0.25) is 12.7 Å². The van der Waals surface area contributed by atoms with Gasteiger partial charge in [0.1, 0.15) is 23.1 Å². The van der Waals surface area contributed by atoms with E-state index in [0.717, 1.165) is 48.3 Å². The fraction of sp³-hybridized carbons (Fsp3) is 0.280. The van der Waals surface area contributed by atoms with Gasteiger partial charge in [0.15, 0.2) is 11.5 Å². The van der Waals surface area contributed by atoms with Crippen molar-refractivity contribution in [3.05, 3.63) is 59.8 Å². The maximum atomic E-state index is 9.96. The number of nitriles is 1. The molecule has 0 unspecified atom stereocenters. The first kappa shape index (κ1) is 20.5. The van der Waals surface area contributed by atoms with Crippen LogP contribution in [-0.4, -0.2) is 18.9 Å². The van der Waals surface area contributed by atoms with Crippen LogP contribution >= 0.6 is 0 Å². The molecule has 0 radical (unpaired) electrons. The Morgan fingerprint density at radius 1 is 1.00 bits per heavy atom. The zero-order chi connectivity index (χ0) is 21.6. The normalized spacial score (nSPS) is 11.8. The van der Waals surface area contributed by atoms with E-state index in [2.05, 4.69) is 18.0 Å². The van der Waals surface area contributed by atoms with Gasteiger partial charge in [0.25, 0.3) is 0 Å². The molecule has 1 aromatic heterocycles. The van der Waals surface area contributed by atoms with Crippen LogP contribution in [0.2, 0.25) is 0 Å². The lowest BCUT2D eigenvalue weighted by molar-refractivity contribution is 0.174. The van der Waals surface area contributed by atoms with Crippen molar-refractivity contribution in [3.8, 4) is 46.1 Å². The summed E-state index contributed by atoms with van der Waals surface area (Å²) in [5, 5.41) is 9.96. The van der Waals surface area contributed by atoms with Gasteiger partial charge < -0.3 is 18.9 Å². The number of pyridine rings is 1. The maximum Gasteiger partial charge on any atom is 0.238 e. The van der Waals surface area contributed by atoms with Gasteiger partial charge in [-0.25, -0.2) is 4.98 Å². The number of benzene rings is 2. The zero-order valence-electron chi connectivity index (χ0n) is 17.7. The molecule has 0 saturated carbocycles. The van der Waals surface area contributed by atoms with E-state index >= 15 is 0 Å². The predicted molar refractivity (Wildman–Crippen MR) is 117 cm³/mol. The van der Waals surface area contributed by atoms with Gasteiger partial charge in [-0.15, -0.1) is 0 Å². The molecule has 0 N–H and O–H groups in total. The lowest BCUT2D eigenvalue weighted by Gasteiger charge is -2.14. The smallest absolute Gasteiger partial charge is 0.238 e. The lowest BCUT2D eigenvalue weighted by atomic mass is 9.99. The fourth-order valence-corrected chi connectivity index (χ4v) is 3.49. The molecule has 1 aliphatic heterocycles. The molecule has 0 spiro atoms. The van der Waals surface area contributed by atoms with Crippen molar-refractivity contribution in [1.82, 2.24) is 4.98 Å². The summed E-state index contributed by atoms with van der Waals surface area (Å²) in [4.78, 5) is 4.68.